The van der Waals surface area contributed by atoms with Crippen LogP contribution in [0, 0.1) is 0 Å². The molecule has 0 radical (unpaired) electrons. The van der Waals surface area contributed by atoms with Gasteiger partial charge in [-0.3, -0.25) is 9.69 Å². The molecule has 116 valence electrons. The van der Waals surface area contributed by atoms with E-state index in [2.05, 4.69) is 17.1 Å². The molecule has 5 nitrogen and oxygen atoms in total. The van der Waals surface area contributed by atoms with Gasteiger partial charge in [0.25, 0.3) is 0 Å². The summed E-state index contributed by atoms with van der Waals surface area (Å²) in [5, 5.41) is 3.56. The maximum atomic E-state index is 12.4. The second-order valence-corrected chi connectivity index (χ2v) is 6.00. The zero-order valence-corrected chi connectivity index (χ0v) is 12.9. The van der Waals surface area contributed by atoms with Gasteiger partial charge in [-0.2, -0.15) is 0 Å². The molecule has 0 saturated carbocycles. The number of hydrogen-bond donors (Lipinski definition) is 1. The van der Waals surface area contributed by atoms with Gasteiger partial charge in [-0.05, 0) is 32.9 Å². The van der Waals surface area contributed by atoms with Crippen LogP contribution in [-0.4, -0.2) is 73.7 Å². The summed E-state index contributed by atoms with van der Waals surface area (Å²) in [7, 11) is 0. The number of nitrogens with one attached hydrogen (secondary N) is 1. The van der Waals surface area contributed by atoms with Gasteiger partial charge in [0.2, 0.25) is 5.91 Å². The molecule has 2 aliphatic heterocycles. The zero-order valence-electron chi connectivity index (χ0n) is 12.9. The minimum Gasteiger partial charge on any atom is -0.375 e. The van der Waals surface area contributed by atoms with Crippen LogP contribution in [0.4, 0.5) is 0 Å². The van der Waals surface area contributed by atoms with E-state index in [0.717, 1.165) is 32.7 Å². The van der Waals surface area contributed by atoms with Gasteiger partial charge in [0, 0.05) is 25.7 Å². The van der Waals surface area contributed by atoms with Gasteiger partial charge in [0.1, 0.15) is 0 Å². The molecule has 0 spiro atoms. The molecule has 0 bridgehead atoms. The summed E-state index contributed by atoms with van der Waals surface area (Å²) in [6, 6.07) is 0.556. The quantitative estimate of drug-likeness (QED) is 0.807. The molecule has 2 saturated heterocycles. The lowest BCUT2D eigenvalue weighted by Gasteiger charge is -2.34. The standard InChI is InChI=1S/C15H29N3O2/c1-3-17(11-14-6-4-5-7-16-14)12-15(19)18-8-9-20-13(2)10-18/h13-14,16H,3-12H2,1-2H3. The Morgan fingerprint density at radius 1 is 1.45 bits per heavy atom. The van der Waals surface area contributed by atoms with E-state index in [1.54, 1.807) is 0 Å². The van der Waals surface area contributed by atoms with Gasteiger partial charge in [0.05, 0.1) is 19.3 Å². The molecule has 2 aliphatic rings. The van der Waals surface area contributed by atoms with E-state index < -0.39 is 0 Å². The van der Waals surface area contributed by atoms with Crippen molar-refractivity contribution >= 4 is 5.91 Å². The van der Waals surface area contributed by atoms with Crippen LogP contribution >= 0.6 is 0 Å². The molecule has 20 heavy (non-hydrogen) atoms. The summed E-state index contributed by atoms with van der Waals surface area (Å²) in [6.07, 6.45) is 4.00. The predicted molar refractivity (Wildman–Crippen MR) is 79.7 cm³/mol. The van der Waals surface area contributed by atoms with E-state index in [9.17, 15) is 4.79 Å². The van der Waals surface area contributed by atoms with Crippen molar-refractivity contribution in [3.8, 4) is 0 Å². The molecule has 1 N–H and O–H groups in total. The molecule has 1 amide bonds. The van der Waals surface area contributed by atoms with Crippen molar-refractivity contribution < 1.29 is 9.53 Å². The smallest absolute Gasteiger partial charge is 0.236 e. The fourth-order valence-corrected chi connectivity index (χ4v) is 3.03. The minimum absolute atomic E-state index is 0.169. The van der Waals surface area contributed by atoms with E-state index in [4.69, 9.17) is 4.74 Å². The molecule has 5 heteroatoms. The van der Waals surface area contributed by atoms with Gasteiger partial charge in [-0.25, -0.2) is 0 Å². The molecule has 0 aromatic rings. The summed E-state index contributed by atoms with van der Waals surface area (Å²) in [5.41, 5.74) is 0. The Kier molecular flexibility index (Phi) is 6.26. The van der Waals surface area contributed by atoms with Crippen LogP contribution in [-0.2, 0) is 9.53 Å². The third-order valence-corrected chi connectivity index (χ3v) is 4.29. The number of amides is 1. The number of piperidine rings is 1. The van der Waals surface area contributed by atoms with Crippen LogP contribution in [0.3, 0.4) is 0 Å². The average molecular weight is 283 g/mol. The molecular formula is C15H29N3O2. The lowest BCUT2D eigenvalue weighted by molar-refractivity contribution is -0.139. The van der Waals surface area contributed by atoms with Gasteiger partial charge in [-0.15, -0.1) is 0 Å². The van der Waals surface area contributed by atoms with Crippen molar-refractivity contribution in [2.24, 2.45) is 0 Å². The zero-order chi connectivity index (χ0) is 14.4. The second-order valence-electron chi connectivity index (χ2n) is 6.00. The SMILES string of the molecule is CCN(CC(=O)N1CCOC(C)C1)CC1CCCCN1. The van der Waals surface area contributed by atoms with Crippen LogP contribution in [0.5, 0.6) is 0 Å². The maximum absolute atomic E-state index is 12.4. The number of rotatable bonds is 5. The molecule has 2 heterocycles. The number of carbonyl (C=O) groups excluding carboxylic acids is 1. The number of nitrogens with zero attached hydrogens (tertiary/aromatic N) is 2. The Morgan fingerprint density at radius 2 is 2.30 bits per heavy atom. The fraction of sp³-hybridized carbons (Fsp3) is 0.933. The van der Waals surface area contributed by atoms with Crippen LogP contribution < -0.4 is 5.32 Å². The lowest BCUT2D eigenvalue weighted by atomic mass is 10.0. The third-order valence-electron chi connectivity index (χ3n) is 4.29. The highest BCUT2D eigenvalue weighted by Gasteiger charge is 2.24. The first-order valence-electron chi connectivity index (χ1n) is 8.04. The number of morpholine rings is 1. The first kappa shape index (κ1) is 15.7. The van der Waals surface area contributed by atoms with E-state index >= 15 is 0 Å². The van der Waals surface area contributed by atoms with Gasteiger partial charge >= 0.3 is 0 Å². The summed E-state index contributed by atoms with van der Waals surface area (Å²) < 4.78 is 5.49. The van der Waals surface area contributed by atoms with Crippen molar-refractivity contribution in [1.82, 2.24) is 15.1 Å². The highest BCUT2D eigenvalue weighted by atomic mass is 16.5. The Morgan fingerprint density at radius 3 is 2.95 bits per heavy atom. The summed E-state index contributed by atoms with van der Waals surface area (Å²) in [4.78, 5) is 16.6. The topological polar surface area (TPSA) is 44.8 Å². The summed E-state index contributed by atoms with van der Waals surface area (Å²) in [6.45, 7) is 9.90. The molecule has 0 aliphatic carbocycles. The fourth-order valence-electron chi connectivity index (χ4n) is 3.03. The molecule has 2 atom stereocenters. The van der Waals surface area contributed by atoms with Crippen LogP contribution in [0.1, 0.15) is 33.1 Å². The molecule has 2 fully saturated rings. The lowest BCUT2D eigenvalue weighted by Crippen LogP contribution is -2.50. The number of carbonyl (C=O) groups is 1. The predicted octanol–water partition coefficient (Wildman–Crippen LogP) is 0.698. The van der Waals surface area contributed by atoms with Gasteiger partial charge in [-0.1, -0.05) is 13.3 Å². The average Bonchev–Trinajstić information content (AvgIpc) is 2.47. The minimum atomic E-state index is 0.169. The van der Waals surface area contributed by atoms with Crippen molar-refractivity contribution in [2.75, 3.05) is 45.9 Å². The van der Waals surface area contributed by atoms with E-state index in [0.29, 0.717) is 19.2 Å². The monoisotopic (exact) mass is 283 g/mol. The van der Waals surface area contributed by atoms with Gasteiger partial charge in [0.15, 0.2) is 0 Å². The highest BCUT2D eigenvalue weighted by molar-refractivity contribution is 5.78. The molecule has 2 rings (SSSR count). The summed E-state index contributed by atoms with van der Waals surface area (Å²) >= 11 is 0. The molecule has 0 aromatic heterocycles. The van der Waals surface area contributed by atoms with Crippen LogP contribution in [0.15, 0.2) is 0 Å². The Bertz CT molecular complexity index is 305. The second kappa shape index (κ2) is 7.96. The van der Waals surface area contributed by atoms with E-state index in [1.165, 1.54) is 19.3 Å². The van der Waals surface area contributed by atoms with Crippen LogP contribution in [0.2, 0.25) is 0 Å². The third kappa shape index (κ3) is 4.72. The van der Waals surface area contributed by atoms with Crippen LogP contribution in [0.25, 0.3) is 0 Å². The molecule has 0 aromatic carbocycles. The first-order chi connectivity index (χ1) is 9.69. The molecule has 2 unspecified atom stereocenters. The first-order valence-corrected chi connectivity index (χ1v) is 8.04. The number of likely N-dealkylation sites (N-methyl/N-ethyl adjacent to an activating group) is 1. The normalized spacial score (nSPS) is 27.9. The number of ether oxygens (including phenoxy) is 1. The Hall–Kier alpha value is -0.650. The van der Waals surface area contributed by atoms with E-state index in [-0.39, 0.29) is 12.0 Å². The Balaban J connectivity index is 1.77. The van der Waals surface area contributed by atoms with Crippen molar-refractivity contribution in [2.45, 2.75) is 45.3 Å². The summed E-state index contributed by atoms with van der Waals surface area (Å²) in [5.74, 6) is 0.248. The van der Waals surface area contributed by atoms with Crippen molar-refractivity contribution in [3.05, 3.63) is 0 Å². The number of hydrogen-bond acceptors (Lipinski definition) is 4. The molecular weight excluding hydrogens is 254 g/mol. The van der Waals surface area contributed by atoms with Crippen molar-refractivity contribution in [3.63, 3.8) is 0 Å². The van der Waals surface area contributed by atoms with Gasteiger partial charge < -0.3 is 15.0 Å². The van der Waals surface area contributed by atoms with Crippen molar-refractivity contribution in [1.29, 1.82) is 0 Å². The highest BCUT2D eigenvalue weighted by Crippen LogP contribution is 2.10. The maximum Gasteiger partial charge on any atom is 0.236 e. The Labute approximate surface area is 122 Å². The largest absolute Gasteiger partial charge is 0.375 e. The van der Waals surface area contributed by atoms with E-state index in [1.807, 2.05) is 11.8 Å².